The van der Waals surface area contributed by atoms with Gasteiger partial charge in [0.05, 0.1) is 43.9 Å². The van der Waals surface area contributed by atoms with Gasteiger partial charge in [-0.1, -0.05) is 66.7 Å². The Hall–Kier alpha value is -4.99. The van der Waals surface area contributed by atoms with Gasteiger partial charge >= 0.3 is 5.97 Å². The summed E-state index contributed by atoms with van der Waals surface area (Å²) >= 11 is 0. The van der Waals surface area contributed by atoms with E-state index in [1.165, 1.54) is 7.11 Å². The predicted molar refractivity (Wildman–Crippen MR) is 192 cm³/mol. The van der Waals surface area contributed by atoms with Crippen LogP contribution in [0.3, 0.4) is 0 Å². The Morgan fingerprint density at radius 1 is 0.920 bits per heavy atom. The molecule has 5 rings (SSSR count). The summed E-state index contributed by atoms with van der Waals surface area (Å²) in [6, 6.07) is 27.4. The number of carbonyl (C=O) groups excluding carboxylic acids is 2. The van der Waals surface area contributed by atoms with E-state index in [0.717, 1.165) is 33.4 Å². The number of carbonyl (C=O) groups is 3. The third kappa shape index (κ3) is 8.41. The summed E-state index contributed by atoms with van der Waals surface area (Å²) in [5.74, 6) is -1.59. The largest absolute Gasteiger partial charge is 0.496 e. The van der Waals surface area contributed by atoms with Crippen molar-refractivity contribution in [3.63, 3.8) is 0 Å². The molecule has 1 aliphatic heterocycles. The molecule has 50 heavy (non-hydrogen) atoms. The van der Waals surface area contributed by atoms with Crippen LogP contribution in [-0.4, -0.2) is 67.7 Å². The molecule has 1 saturated heterocycles. The van der Waals surface area contributed by atoms with Gasteiger partial charge in [-0.15, -0.1) is 0 Å². The van der Waals surface area contributed by atoms with Gasteiger partial charge in [0.25, 0.3) is 0 Å². The van der Waals surface area contributed by atoms with Crippen LogP contribution >= 0.6 is 0 Å². The lowest BCUT2D eigenvalue weighted by Crippen LogP contribution is -2.40. The first-order valence-corrected chi connectivity index (χ1v) is 17.0. The number of aldehydes is 1. The molecular weight excluding hydrogens is 632 g/mol. The fraction of sp³-hybridized carbons (Fsp3) is 0.341. The van der Waals surface area contributed by atoms with Crippen LogP contribution in [0.25, 0.3) is 0 Å². The van der Waals surface area contributed by atoms with Crippen LogP contribution < -0.4 is 14.8 Å². The second-order valence-corrected chi connectivity index (χ2v) is 13.0. The number of methoxy groups -OCH3 is 1. The number of aliphatic carboxylic acids is 1. The van der Waals surface area contributed by atoms with Gasteiger partial charge in [-0.25, -0.2) is 0 Å². The summed E-state index contributed by atoms with van der Waals surface area (Å²) in [4.78, 5) is 40.8. The predicted octanol–water partition coefficient (Wildman–Crippen LogP) is 6.68. The fourth-order valence-corrected chi connectivity index (χ4v) is 7.03. The van der Waals surface area contributed by atoms with Crippen LogP contribution in [-0.2, 0) is 14.3 Å². The van der Waals surface area contributed by atoms with Crippen molar-refractivity contribution in [3.8, 4) is 11.5 Å². The van der Waals surface area contributed by atoms with Gasteiger partial charge in [0.2, 0.25) is 5.91 Å². The molecule has 0 radical (unpaired) electrons. The van der Waals surface area contributed by atoms with Gasteiger partial charge in [-0.05, 0) is 85.3 Å². The zero-order valence-corrected chi connectivity index (χ0v) is 29.3. The molecule has 4 aromatic carbocycles. The van der Waals surface area contributed by atoms with Crippen LogP contribution in [0, 0.1) is 19.8 Å². The number of benzene rings is 4. The maximum atomic E-state index is 14.1. The Morgan fingerprint density at radius 3 is 2.22 bits per heavy atom. The Morgan fingerprint density at radius 2 is 1.60 bits per heavy atom. The maximum absolute atomic E-state index is 14.1. The van der Waals surface area contributed by atoms with Crippen molar-refractivity contribution in [2.45, 2.75) is 51.8 Å². The van der Waals surface area contributed by atoms with Gasteiger partial charge in [0.1, 0.15) is 18.1 Å². The molecule has 0 saturated carbocycles. The van der Waals surface area contributed by atoms with Gasteiger partial charge in [-0.3, -0.25) is 19.3 Å². The topological polar surface area (TPSA) is 114 Å². The number of nitrogens with one attached hydrogen (secondary N) is 1. The molecule has 1 aliphatic rings. The Bertz CT molecular complexity index is 1750. The highest BCUT2D eigenvalue weighted by Crippen LogP contribution is 2.47. The number of hydrogen-bond acceptors (Lipinski definition) is 7. The molecular formula is C41H46N2O7. The molecule has 1 unspecified atom stereocenters. The van der Waals surface area contributed by atoms with Crippen molar-refractivity contribution in [3.05, 3.63) is 130 Å². The van der Waals surface area contributed by atoms with Gasteiger partial charge in [0.15, 0.2) is 6.29 Å². The van der Waals surface area contributed by atoms with Crippen molar-refractivity contribution in [1.29, 1.82) is 0 Å². The number of likely N-dealkylation sites (tertiary alicyclic amines) is 1. The molecule has 4 aromatic rings. The SMILES string of the molecule is COc1cc([C@H]2CN(CC(=O)NC(c3ccccc3)c3c(C)cccc3C)[C@@H](c3ccc(OCCOC(C)C)cc3)[C@@H]2C(=O)O)ccc1C=O. The van der Waals surface area contributed by atoms with Gasteiger partial charge < -0.3 is 24.6 Å². The summed E-state index contributed by atoms with van der Waals surface area (Å²) in [6.07, 6.45) is 0.814. The summed E-state index contributed by atoms with van der Waals surface area (Å²) in [7, 11) is 1.48. The first kappa shape index (κ1) is 36.3. The minimum Gasteiger partial charge on any atom is -0.496 e. The molecule has 1 amide bonds. The number of ether oxygens (including phenoxy) is 3. The van der Waals surface area contributed by atoms with E-state index in [4.69, 9.17) is 14.2 Å². The summed E-state index contributed by atoms with van der Waals surface area (Å²) in [5, 5.41) is 14.0. The first-order chi connectivity index (χ1) is 24.1. The van der Waals surface area contributed by atoms with E-state index in [1.807, 2.05) is 105 Å². The van der Waals surface area contributed by atoms with Gasteiger partial charge in [0, 0.05) is 18.5 Å². The van der Waals surface area contributed by atoms with E-state index in [0.29, 0.717) is 43.1 Å². The highest BCUT2D eigenvalue weighted by molar-refractivity contribution is 5.81. The van der Waals surface area contributed by atoms with Gasteiger partial charge in [-0.2, -0.15) is 0 Å². The van der Waals surface area contributed by atoms with Crippen LogP contribution in [0.15, 0.2) is 91.0 Å². The average Bonchev–Trinajstić information content (AvgIpc) is 3.49. The van der Waals surface area contributed by atoms with Crippen molar-refractivity contribution in [1.82, 2.24) is 10.2 Å². The number of carboxylic acids is 1. The number of carboxylic acid groups (broad SMARTS) is 1. The smallest absolute Gasteiger partial charge is 0.309 e. The Balaban J connectivity index is 1.48. The van der Waals surface area contributed by atoms with Crippen LogP contribution in [0.2, 0.25) is 0 Å². The third-order valence-electron chi connectivity index (χ3n) is 9.34. The quantitative estimate of drug-likeness (QED) is 0.106. The lowest BCUT2D eigenvalue weighted by atomic mass is 9.82. The number of rotatable bonds is 15. The van der Waals surface area contributed by atoms with E-state index in [2.05, 4.69) is 5.32 Å². The lowest BCUT2D eigenvalue weighted by Gasteiger charge is -2.29. The van der Waals surface area contributed by atoms with Crippen molar-refractivity contribution >= 4 is 18.2 Å². The zero-order chi connectivity index (χ0) is 35.8. The molecule has 1 heterocycles. The molecule has 262 valence electrons. The Kier molecular flexibility index (Phi) is 12.1. The summed E-state index contributed by atoms with van der Waals surface area (Å²) < 4.78 is 16.9. The van der Waals surface area contributed by atoms with Crippen molar-refractivity contribution in [2.75, 3.05) is 33.4 Å². The maximum Gasteiger partial charge on any atom is 0.309 e. The minimum atomic E-state index is -0.981. The second-order valence-electron chi connectivity index (χ2n) is 13.0. The van der Waals surface area contributed by atoms with Crippen LogP contribution in [0.1, 0.15) is 75.6 Å². The zero-order valence-electron chi connectivity index (χ0n) is 29.3. The molecule has 9 nitrogen and oxygen atoms in total. The monoisotopic (exact) mass is 678 g/mol. The highest BCUT2D eigenvalue weighted by Gasteiger charge is 2.48. The number of aryl methyl sites for hydroxylation is 2. The van der Waals surface area contributed by atoms with Crippen LogP contribution in [0.5, 0.6) is 11.5 Å². The van der Waals surface area contributed by atoms with E-state index in [1.54, 1.807) is 18.2 Å². The average molecular weight is 679 g/mol. The van der Waals surface area contributed by atoms with E-state index in [9.17, 15) is 19.5 Å². The number of nitrogens with zero attached hydrogens (tertiary/aromatic N) is 1. The lowest BCUT2D eigenvalue weighted by molar-refractivity contribution is -0.143. The van der Waals surface area contributed by atoms with E-state index < -0.39 is 29.9 Å². The van der Waals surface area contributed by atoms with Crippen LogP contribution in [0.4, 0.5) is 0 Å². The van der Waals surface area contributed by atoms with Crippen molar-refractivity contribution in [2.24, 2.45) is 5.92 Å². The summed E-state index contributed by atoms with van der Waals surface area (Å²) in [5.41, 5.74) is 5.96. The molecule has 0 aromatic heterocycles. The molecule has 0 aliphatic carbocycles. The molecule has 1 fully saturated rings. The normalized spacial score (nSPS) is 18.1. The highest BCUT2D eigenvalue weighted by atomic mass is 16.5. The van der Waals surface area contributed by atoms with E-state index >= 15 is 0 Å². The number of amides is 1. The fourth-order valence-electron chi connectivity index (χ4n) is 7.03. The standard InChI is InChI=1S/C41H46N2O7/c1-26(2)49-20-21-50-33-18-16-30(17-19-33)40-38(41(46)47)34(31-14-15-32(25-44)35(22-31)48-5)23-43(40)24-36(45)42-39(29-12-7-6-8-13-29)37-27(3)10-9-11-28(37)4/h6-19,22,25-26,34,38-40H,20-21,23-24H2,1-5H3,(H,42,45)(H,46,47)/t34-,38-,39?,40+/m1/s1. The molecule has 0 bridgehead atoms. The van der Waals surface area contributed by atoms with E-state index in [-0.39, 0.29) is 18.6 Å². The minimum absolute atomic E-state index is 0.0342. The molecule has 9 heteroatoms. The Labute approximate surface area is 294 Å². The second kappa shape index (κ2) is 16.6. The van der Waals surface area contributed by atoms with Crippen molar-refractivity contribution < 1.29 is 33.7 Å². The molecule has 2 N–H and O–H groups in total. The molecule has 0 spiro atoms. The first-order valence-electron chi connectivity index (χ1n) is 17.0. The third-order valence-corrected chi connectivity index (χ3v) is 9.34. The molecule has 4 atom stereocenters. The summed E-state index contributed by atoms with van der Waals surface area (Å²) in [6.45, 7) is 9.10. The number of hydrogen-bond donors (Lipinski definition) is 2.